The molecule has 5 nitrogen and oxygen atoms in total. The van der Waals surface area contributed by atoms with Gasteiger partial charge in [0.2, 0.25) is 0 Å². The van der Waals surface area contributed by atoms with Crippen LogP contribution in [0.1, 0.15) is 27.0 Å². The molecule has 0 aliphatic rings. The number of amides is 1. The van der Waals surface area contributed by atoms with Crippen LogP contribution in [-0.4, -0.2) is 17.9 Å². The van der Waals surface area contributed by atoms with Gasteiger partial charge in [-0.2, -0.15) is 0 Å². The molecule has 0 spiro atoms. The van der Waals surface area contributed by atoms with Crippen molar-refractivity contribution in [3.8, 4) is 5.75 Å². The highest BCUT2D eigenvalue weighted by Gasteiger charge is 2.20. The lowest BCUT2D eigenvalue weighted by Crippen LogP contribution is -2.32. The molecule has 31 heavy (non-hydrogen) atoms. The molecule has 0 fully saturated rings. The number of benzene rings is 3. The Morgan fingerprint density at radius 3 is 2.55 bits per heavy atom. The molecular weight excluding hydrogens is 390 g/mol. The van der Waals surface area contributed by atoms with Crippen LogP contribution in [0.3, 0.4) is 0 Å². The molecule has 4 rings (SSSR count). The lowest BCUT2D eigenvalue weighted by Gasteiger charge is -2.23. The Labute approximate surface area is 180 Å². The quantitative estimate of drug-likeness (QED) is 0.449. The van der Waals surface area contributed by atoms with Crippen molar-refractivity contribution in [1.82, 2.24) is 4.90 Å². The highest BCUT2D eigenvalue weighted by Crippen LogP contribution is 2.19. The van der Waals surface area contributed by atoms with Crippen molar-refractivity contribution in [2.45, 2.75) is 20.0 Å². The smallest absolute Gasteiger partial charge is 0.254 e. The lowest BCUT2D eigenvalue weighted by atomic mass is 10.1. The topological polar surface area (TPSA) is 59.8 Å². The van der Waals surface area contributed by atoms with Crippen LogP contribution >= 0.6 is 0 Å². The number of hydrogen-bond donors (Lipinski definition) is 0. The van der Waals surface area contributed by atoms with Crippen LogP contribution < -0.4 is 10.2 Å². The van der Waals surface area contributed by atoms with Crippen LogP contribution in [0.2, 0.25) is 0 Å². The second-order valence-electron chi connectivity index (χ2n) is 7.47. The second-order valence-corrected chi connectivity index (χ2v) is 7.47. The van der Waals surface area contributed by atoms with E-state index in [1.807, 2.05) is 49.4 Å². The highest BCUT2D eigenvalue weighted by molar-refractivity contribution is 5.94. The van der Waals surface area contributed by atoms with Crippen LogP contribution in [-0.2, 0) is 13.1 Å². The molecule has 0 aliphatic heterocycles. The largest absolute Gasteiger partial charge is 0.497 e. The Bertz CT molecular complexity index is 1280. The molecule has 0 saturated carbocycles. The highest BCUT2D eigenvalue weighted by atomic mass is 16.5. The summed E-state index contributed by atoms with van der Waals surface area (Å²) in [5.41, 5.74) is 3.29. The van der Waals surface area contributed by atoms with Gasteiger partial charge in [-0.25, -0.2) is 0 Å². The minimum atomic E-state index is -0.188. The van der Waals surface area contributed by atoms with Crippen molar-refractivity contribution in [2.24, 2.45) is 0 Å². The molecule has 0 bridgehead atoms. The Hall–Kier alpha value is -3.86. The molecular formula is C26H23NO4. The normalized spacial score (nSPS) is 10.8. The van der Waals surface area contributed by atoms with Crippen LogP contribution in [0.5, 0.6) is 5.75 Å². The third-order valence-electron chi connectivity index (χ3n) is 5.18. The van der Waals surface area contributed by atoms with Gasteiger partial charge < -0.3 is 14.1 Å². The molecule has 0 unspecified atom stereocenters. The Balaban J connectivity index is 1.72. The Morgan fingerprint density at radius 1 is 0.968 bits per heavy atom. The summed E-state index contributed by atoms with van der Waals surface area (Å²) >= 11 is 0. The summed E-state index contributed by atoms with van der Waals surface area (Å²) in [4.78, 5) is 28.1. The van der Waals surface area contributed by atoms with Crippen molar-refractivity contribution in [2.75, 3.05) is 7.11 Å². The molecule has 0 atom stereocenters. The third-order valence-corrected chi connectivity index (χ3v) is 5.18. The maximum atomic E-state index is 13.4. The van der Waals surface area contributed by atoms with Gasteiger partial charge in [-0.05, 0) is 42.8 Å². The van der Waals surface area contributed by atoms with Gasteiger partial charge >= 0.3 is 0 Å². The van der Waals surface area contributed by atoms with E-state index in [1.165, 1.54) is 6.26 Å². The molecule has 1 heterocycles. The fraction of sp³-hybridized carbons (Fsp3) is 0.154. The SMILES string of the molecule is COc1cccc(C(=O)N(Cc2ccccc2)Cc2coc3ccc(C)cc3c2=O)c1. The van der Waals surface area contributed by atoms with E-state index in [1.54, 1.807) is 42.3 Å². The molecule has 3 aromatic carbocycles. The maximum Gasteiger partial charge on any atom is 0.254 e. The molecule has 0 N–H and O–H groups in total. The van der Waals surface area contributed by atoms with E-state index in [4.69, 9.17) is 9.15 Å². The first-order chi connectivity index (χ1) is 15.0. The molecule has 0 aliphatic carbocycles. The zero-order valence-electron chi connectivity index (χ0n) is 17.5. The van der Waals surface area contributed by atoms with E-state index in [-0.39, 0.29) is 17.9 Å². The first kappa shape index (κ1) is 20.4. The molecule has 5 heteroatoms. The zero-order valence-corrected chi connectivity index (χ0v) is 17.5. The van der Waals surface area contributed by atoms with Crippen molar-refractivity contribution < 1.29 is 13.9 Å². The average Bonchev–Trinajstić information content (AvgIpc) is 2.81. The van der Waals surface area contributed by atoms with Gasteiger partial charge in [0.05, 0.1) is 30.9 Å². The Kier molecular flexibility index (Phi) is 5.85. The number of methoxy groups -OCH3 is 1. The van der Waals surface area contributed by atoms with Gasteiger partial charge in [0.1, 0.15) is 11.3 Å². The van der Waals surface area contributed by atoms with Crippen LogP contribution in [0, 0.1) is 6.92 Å². The monoisotopic (exact) mass is 413 g/mol. The summed E-state index contributed by atoms with van der Waals surface area (Å²) in [6.45, 7) is 2.43. The van der Waals surface area contributed by atoms with Gasteiger partial charge in [0.25, 0.3) is 5.91 Å². The van der Waals surface area contributed by atoms with E-state index in [9.17, 15) is 9.59 Å². The summed E-state index contributed by atoms with van der Waals surface area (Å²) < 4.78 is 11.0. The van der Waals surface area contributed by atoms with Crippen LogP contribution in [0.25, 0.3) is 11.0 Å². The van der Waals surface area contributed by atoms with E-state index in [2.05, 4.69) is 0 Å². The van der Waals surface area contributed by atoms with Gasteiger partial charge in [-0.1, -0.05) is 48.0 Å². The van der Waals surface area contributed by atoms with Crippen molar-refractivity contribution >= 4 is 16.9 Å². The number of fused-ring (bicyclic) bond motifs is 1. The first-order valence-electron chi connectivity index (χ1n) is 10.0. The lowest BCUT2D eigenvalue weighted by molar-refractivity contribution is 0.0728. The van der Waals surface area contributed by atoms with Gasteiger partial charge in [-0.3, -0.25) is 9.59 Å². The summed E-state index contributed by atoms with van der Waals surface area (Å²) in [6.07, 6.45) is 1.46. The number of rotatable bonds is 6. The van der Waals surface area contributed by atoms with E-state index in [0.717, 1.165) is 11.1 Å². The fourth-order valence-corrected chi connectivity index (χ4v) is 3.54. The number of ether oxygens (including phenoxy) is 1. The molecule has 4 aromatic rings. The molecule has 0 saturated heterocycles. The van der Waals surface area contributed by atoms with Crippen molar-refractivity contribution in [3.05, 3.63) is 112 Å². The third kappa shape index (κ3) is 4.51. The Morgan fingerprint density at radius 2 is 1.77 bits per heavy atom. The standard InChI is InChI=1S/C26H23NO4/c1-18-11-12-24-23(13-18)25(28)21(17-31-24)16-27(15-19-7-4-3-5-8-19)26(29)20-9-6-10-22(14-20)30-2/h3-14,17H,15-16H2,1-2H3. The van der Waals surface area contributed by atoms with Gasteiger partial charge in [0.15, 0.2) is 5.43 Å². The van der Waals surface area contributed by atoms with Crippen molar-refractivity contribution in [3.63, 3.8) is 0 Å². The summed E-state index contributed by atoms with van der Waals surface area (Å²) in [5.74, 6) is 0.415. The predicted molar refractivity (Wildman–Crippen MR) is 120 cm³/mol. The predicted octanol–water partition coefficient (Wildman–Crippen LogP) is 4.95. The minimum Gasteiger partial charge on any atom is -0.497 e. The number of carbonyl (C=O) groups is 1. The van der Waals surface area contributed by atoms with Crippen LogP contribution in [0.15, 0.2) is 88.3 Å². The summed E-state index contributed by atoms with van der Waals surface area (Å²) in [5, 5.41) is 0.519. The van der Waals surface area contributed by atoms with Crippen LogP contribution in [0.4, 0.5) is 0 Å². The van der Waals surface area contributed by atoms with E-state index >= 15 is 0 Å². The average molecular weight is 413 g/mol. The summed E-state index contributed by atoms with van der Waals surface area (Å²) in [7, 11) is 1.56. The minimum absolute atomic E-state index is 0.124. The zero-order chi connectivity index (χ0) is 21.8. The van der Waals surface area contributed by atoms with Gasteiger partial charge in [0, 0.05) is 12.1 Å². The summed E-state index contributed by atoms with van der Waals surface area (Å²) in [6, 6.07) is 22.2. The number of aryl methyl sites for hydroxylation is 1. The number of nitrogens with zero attached hydrogens (tertiary/aromatic N) is 1. The first-order valence-corrected chi connectivity index (χ1v) is 10.0. The maximum absolute atomic E-state index is 13.4. The van der Waals surface area contributed by atoms with Gasteiger partial charge in [-0.15, -0.1) is 0 Å². The fourth-order valence-electron chi connectivity index (χ4n) is 3.54. The molecule has 156 valence electrons. The second kappa shape index (κ2) is 8.88. The molecule has 0 radical (unpaired) electrons. The molecule has 1 amide bonds. The van der Waals surface area contributed by atoms with Crippen molar-refractivity contribution in [1.29, 1.82) is 0 Å². The van der Waals surface area contributed by atoms with E-state index in [0.29, 0.717) is 34.4 Å². The molecule has 1 aromatic heterocycles. The number of hydrogen-bond acceptors (Lipinski definition) is 4. The number of carbonyl (C=O) groups excluding carboxylic acids is 1. The van der Waals surface area contributed by atoms with E-state index < -0.39 is 0 Å².